The SMILES string of the molecule is CN(C)c1nc(CNC(=O)C2CCC(=O)NC2)nc(N2CCCC2)n1. The number of piperidine rings is 1. The van der Waals surface area contributed by atoms with Gasteiger partial charge >= 0.3 is 0 Å². The smallest absolute Gasteiger partial charge is 0.230 e. The molecule has 25 heavy (non-hydrogen) atoms. The maximum atomic E-state index is 12.3. The van der Waals surface area contributed by atoms with Crippen molar-refractivity contribution < 1.29 is 9.59 Å². The fraction of sp³-hybridized carbons (Fsp3) is 0.688. The van der Waals surface area contributed by atoms with E-state index in [9.17, 15) is 9.59 Å². The highest BCUT2D eigenvalue weighted by molar-refractivity contribution is 5.83. The first-order valence-corrected chi connectivity index (χ1v) is 8.74. The molecule has 0 saturated carbocycles. The number of carbonyl (C=O) groups is 2. The molecule has 9 heteroatoms. The van der Waals surface area contributed by atoms with Gasteiger partial charge in [-0.1, -0.05) is 0 Å². The lowest BCUT2D eigenvalue weighted by Gasteiger charge is -2.22. The number of aromatic nitrogens is 3. The Bertz CT molecular complexity index is 633. The molecule has 136 valence electrons. The molecule has 1 atom stereocenters. The third-order valence-corrected chi connectivity index (χ3v) is 4.50. The van der Waals surface area contributed by atoms with Crippen LogP contribution in [0.4, 0.5) is 11.9 Å². The van der Waals surface area contributed by atoms with Gasteiger partial charge in [-0.15, -0.1) is 0 Å². The van der Waals surface area contributed by atoms with E-state index in [0.717, 1.165) is 25.9 Å². The van der Waals surface area contributed by atoms with Crippen molar-refractivity contribution in [2.45, 2.75) is 32.2 Å². The van der Waals surface area contributed by atoms with Crippen molar-refractivity contribution in [3.05, 3.63) is 5.82 Å². The standard InChI is InChI=1S/C16H25N7O2/c1-22(2)15-19-12(20-16(21-15)23-7-3-4-8-23)10-18-14(25)11-5-6-13(24)17-9-11/h11H,3-10H2,1-2H3,(H,17,24)(H,18,25). The Morgan fingerprint density at radius 3 is 2.68 bits per heavy atom. The first-order valence-electron chi connectivity index (χ1n) is 8.74. The lowest BCUT2D eigenvalue weighted by atomic mass is 9.98. The maximum Gasteiger partial charge on any atom is 0.230 e. The first kappa shape index (κ1) is 17.4. The van der Waals surface area contributed by atoms with Gasteiger partial charge < -0.3 is 20.4 Å². The Morgan fingerprint density at radius 1 is 1.28 bits per heavy atom. The minimum Gasteiger partial charge on any atom is -0.355 e. The van der Waals surface area contributed by atoms with Gasteiger partial charge in [0.2, 0.25) is 23.7 Å². The fourth-order valence-corrected chi connectivity index (χ4v) is 3.00. The minimum absolute atomic E-state index is 0.00685. The second-order valence-corrected chi connectivity index (χ2v) is 6.70. The Kier molecular flexibility index (Phi) is 5.30. The summed E-state index contributed by atoms with van der Waals surface area (Å²) in [5.41, 5.74) is 0. The van der Waals surface area contributed by atoms with E-state index >= 15 is 0 Å². The normalized spacial score (nSPS) is 20.3. The van der Waals surface area contributed by atoms with Gasteiger partial charge in [0.25, 0.3) is 0 Å². The monoisotopic (exact) mass is 347 g/mol. The summed E-state index contributed by atoms with van der Waals surface area (Å²) in [6.45, 7) is 2.55. The summed E-state index contributed by atoms with van der Waals surface area (Å²) in [5.74, 6) is 1.55. The highest BCUT2D eigenvalue weighted by Gasteiger charge is 2.24. The van der Waals surface area contributed by atoms with Crippen LogP contribution in [-0.2, 0) is 16.1 Å². The topological polar surface area (TPSA) is 103 Å². The predicted octanol–water partition coefficient (Wildman–Crippen LogP) is -0.320. The maximum absolute atomic E-state index is 12.3. The van der Waals surface area contributed by atoms with Gasteiger partial charge in [-0.3, -0.25) is 9.59 Å². The molecule has 1 unspecified atom stereocenters. The fourth-order valence-electron chi connectivity index (χ4n) is 3.00. The van der Waals surface area contributed by atoms with E-state index in [0.29, 0.717) is 37.1 Å². The van der Waals surface area contributed by atoms with Crippen molar-refractivity contribution >= 4 is 23.7 Å². The molecule has 2 aliphatic rings. The van der Waals surface area contributed by atoms with E-state index in [1.54, 1.807) is 0 Å². The van der Waals surface area contributed by atoms with Gasteiger partial charge in [-0.05, 0) is 19.3 Å². The number of amides is 2. The van der Waals surface area contributed by atoms with Gasteiger partial charge in [0.1, 0.15) is 0 Å². The molecule has 2 amide bonds. The van der Waals surface area contributed by atoms with Gasteiger partial charge in [0.05, 0.1) is 12.5 Å². The van der Waals surface area contributed by atoms with Gasteiger partial charge in [0.15, 0.2) is 5.82 Å². The van der Waals surface area contributed by atoms with Crippen LogP contribution in [0.25, 0.3) is 0 Å². The zero-order chi connectivity index (χ0) is 17.8. The van der Waals surface area contributed by atoms with Crippen LogP contribution in [0.5, 0.6) is 0 Å². The Labute approximate surface area is 147 Å². The molecule has 1 aromatic rings. The summed E-state index contributed by atoms with van der Waals surface area (Å²) in [6, 6.07) is 0. The first-order chi connectivity index (χ1) is 12.0. The quantitative estimate of drug-likeness (QED) is 0.752. The highest BCUT2D eigenvalue weighted by Crippen LogP contribution is 2.18. The molecule has 0 bridgehead atoms. The number of carbonyl (C=O) groups excluding carboxylic acids is 2. The lowest BCUT2D eigenvalue weighted by Crippen LogP contribution is -2.42. The Balaban J connectivity index is 1.66. The molecule has 0 aliphatic carbocycles. The molecular formula is C16H25N7O2. The summed E-state index contributed by atoms with van der Waals surface area (Å²) in [5, 5.41) is 5.61. The third kappa shape index (κ3) is 4.34. The van der Waals surface area contributed by atoms with Gasteiger partial charge in [-0.25, -0.2) is 0 Å². The highest BCUT2D eigenvalue weighted by atomic mass is 16.2. The van der Waals surface area contributed by atoms with Gasteiger partial charge in [0, 0.05) is 40.2 Å². The van der Waals surface area contributed by atoms with Crippen LogP contribution in [0.15, 0.2) is 0 Å². The molecule has 2 fully saturated rings. The van der Waals surface area contributed by atoms with E-state index in [1.165, 1.54) is 0 Å². The van der Waals surface area contributed by atoms with Crippen molar-refractivity contribution in [1.29, 1.82) is 0 Å². The molecule has 0 spiro atoms. The molecule has 2 aliphatic heterocycles. The molecule has 3 heterocycles. The molecule has 3 rings (SSSR count). The third-order valence-electron chi connectivity index (χ3n) is 4.50. The molecule has 9 nitrogen and oxygen atoms in total. The number of nitrogens with zero attached hydrogens (tertiary/aromatic N) is 5. The summed E-state index contributed by atoms with van der Waals surface area (Å²) in [7, 11) is 3.77. The summed E-state index contributed by atoms with van der Waals surface area (Å²) in [4.78, 5) is 40.9. The average Bonchev–Trinajstić information content (AvgIpc) is 3.14. The van der Waals surface area contributed by atoms with Crippen LogP contribution < -0.4 is 20.4 Å². The number of rotatable bonds is 5. The molecule has 0 radical (unpaired) electrons. The number of hydrogen-bond donors (Lipinski definition) is 2. The van der Waals surface area contributed by atoms with E-state index in [-0.39, 0.29) is 24.3 Å². The molecular weight excluding hydrogens is 322 g/mol. The second kappa shape index (κ2) is 7.62. The predicted molar refractivity (Wildman–Crippen MR) is 93.2 cm³/mol. The van der Waals surface area contributed by atoms with Crippen LogP contribution in [0.1, 0.15) is 31.5 Å². The van der Waals surface area contributed by atoms with Crippen molar-refractivity contribution in [2.24, 2.45) is 5.92 Å². The van der Waals surface area contributed by atoms with Crippen LogP contribution >= 0.6 is 0 Å². The van der Waals surface area contributed by atoms with Crippen LogP contribution in [0.3, 0.4) is 0 Å². The number of nitrogens with one attached hydrogen (secondary N) is 2. The van der Waals surface area contributed by atoms with Crippen LogP contribution in [0.2, 0.25) is 0 Å². The minimum atomic E-state index is -0.189. The molecule has 1 aromatic heterocycles. The largest absolute Gasteiger partial charge is 0.355 e. The van der Waals surface area contributed by atoms with Crippen LogP contribution in [-0.4, -0.2) is 60.5 Å². The molecule has 2 saturated heterocycles. The second-order valence-electron chi connectivity index (χ2n) is 6.70. The van der Waals surface area contributed by atoms with Gasteiger partial charge in [-0.2, -0.15) is 15.0 Å². The summed E-state index contributed by atoms with van der Waals surface area (Å²) < 4.78 is 0. The zero-order valence-corrected chi connectivity index (χ0v) is 14.8. The van der Waals surface area contributed by atoms with Crippen LogP contribution in [0, 0.1) is 5.92 Å². The van der Waals surface area contributed by atoms with Crippen molar-refractivity contribution in [2.75, 3.05) is 43.5 Å². The summed E-state index contributed by atoms with van der Waals surface area (Å²) >= 11 is 0. The van der Waals surface area contributed by atoms with Crippen molar-refractivity contribution in [3.8, 4) is 0 Å². The average molecular weight is 347 g/mol. The van der Waals surface area contributed by atoms with Crippen molar-refractivity contribution in [1.82, 2.24) is 25.6 Å². The molecule has 0 aromatic carbocycles. The zero-order valence-electron chi connectivity index (χ0n) is 14.8. The van der Waals surface area contributed by atoms with E-state index in [4.69, 9.17) is 0 Å². The van der Waals surface area contributed by atoms with E-state index < -0.39 is 0 Å². The summed E-state index contributed by atoms with van der Waals surface area (Å²) in [6.07, 6.45) is 3.26. The van der Waals surface area contributed by atoms with E-state index in [2.05, 4.69) is 30.5 Å². The molecule has 2 N–H and O–H groups in total. The Hall–Kier alpha value is -2.45. The van der Waals surface area contributed by atoms with Crippen molar-refractivity contribution in [3.63, 3.8) is 0 Å². The lowest BCUT2D eigenvalue weighted by molar-refractivity contribution is -0.129. The number of hydrogen-bond acceptors (Lipinski definition) is 7. The van der Waals surface area contributed by atoms with E-state index in [1.807, 2.05) is 19.0 Å². The Morgan fingerprint density at radius 2 is 2.04 bits per heavy atom. The number of anilines is 2.